The van der Waals surface area contributed by atoms with Crippen molar-refractivity contribution in [1.82, 2.24) is 0 Å². The number of benzene rings is 3. The van der Waals surface area contributed by atoms with Crippen LogP contribution in [0, 0.1) is 0 Å². The molecule has 0 saturated carbocycles. The van der Waals surface area contributed by atoms with Crippen LogP contribution in [0.5, 0.6) is 0 Å². The number of carbonyl (C=O) groups excluding carboxylic acids is 1. The van der Waals surface area contributed by atoms with Gasteiger partial charge in [0.2, 0.25) is 0 Å². The molecular weight excluding hydrogens is 258 g/mol. The molecule has 0 amide bonds. The first kappa shape index (κ1) is 13.1. The van der Waals surface area contributed by atoms with Crippen LogP contribution >= 0.6 is 0 Å². The molecule has 0 aromatic heterocycles. The summed E-state index contributed by atoms with van der Waals surface area (Å²) in [6.45, 7) is 0. The number of fused-ring (bicyclic) bond motifs is 1. The van der Waals surface area contributed by atoms with Gasteiger partial charge in [-0.2, -0.15) is 0 Å². The molecule has 0 heterocycles. The van der Waals surface area contributed by atoms with Crippen LogP contribution in [0.2, 0.25) is 0 Å². The van der Waals surface area contributed by atoms with Crippen LogP contribution in [0.15, 0.2) is 72.8 Å². The Labute approximate surface area is 123 Å². The van der Waals surface area contributed by atoms with Gasteiger partial charge in [0.05, 0.1) is 0 Å². The van der Waals surface area contributed by atoms with Crippen molar-refractivity contribution in [3.8, 4) is 0 Å². The van der Waals surface area contributed by atoms with E-state index in [-0.39, 0.29) is 5.78 Å². The molecule has 0 saturated heterocycles. The Bertz CT molecular complexity index is 811. The van der Waals surface area contributed by atoms with E-state index in [4.69, 9.17) is 5.73 Å². The first-order valence-corrected chi connectivity index (χ1v) is 6.80. The monoisotopic (exact) mass is 273 g/mol. The fraction of sp³-hybridized carbons (Fsp3) is 0. The van der Waals surface area contributed by atoms with E-state index >= 15 is 0 Å². The summed E-state index contributed by atoms with van der Waals surface area (Å²) in [5, 5.41) is 2.05. The van der Waals surface area contributed by atoms with Gasteiger partial charge in [0, 0.05) is 11.3 Å². The van der Waals surface area contributed by atoms with Gasteiger partial charge in [-0.15, -0.1) is 0 Å². The standard InChI is InChI=1S/C19H15NO/c20-16-11-8-14(9-12-16)10-13-19(21)18-7-3-5-15-4-1-2-6-17(15)18/h1-13H,20H2/b13-10+. The highest BCUT2D eigenvalue weighted by Gasteiger charge is 2.06. The quantitative estimate of drug-likeness (QED) is 0.439. The number of hydrogen-bond acceptors (Lipinski definition) is 2. The molecule has 3 aromatic carbocycles. The SMILES string of the molecule is Nc1ccc(/C=C/C(=O)c2cccc3ccccc23)cc1. The third kappa shape index (κ3) is 2.84. The lowest BCUT2D eigenvalue weighted by molar-refractivity contribution is 0.104. The normalized spacial score (nSPS) is 11.0. The largest absolute Gasteiger partial charge is 0.399 e. The lowest BCUT2D eigenvalue weighted by Crippen LogP contribution is -1.95. The van der Waals surface area contributed by atoms with Crippen molar-refractivity contribution in [2.45, 2.75) is 0 Å². The maximum Gasteiger partial charge on any atom is 0.186 e. The van der Waals surface area contributed by atoms with E-state index in [2.05, 4.69) is 0 Å². The van der Waals surface area contributed by atoms with Crippen molar-refractivity contribution in [3.63, 3.8) is 0 Å². The topological polar surface area (TPSA) is 43.1 Å². The van der Waals surface area contributed by atoms with Crippen LogP contribution in [0.4, 0.5) is 5.69 Å². The van der Waals surface area contributed by atoms with E-state index in [1.165, 1.54) is 0 Å². The average molecular weight is 273 g/mol. The number of allylic oxidation sites excluding steroid dienone is 1. The fourth-order valence-corrected chi connectivity index (χ4v) is 2.31. The summed E-state index contributed by atoms with van der Waals surface area (Å²) < 4.78 is 0. The molecule has 0 aliphatic rings. The molecule has 0 bridgehead atoms. The second kappa shape index (κ2) is 5.63. The Morgan fingerprint density at radius 2 is 1.57 bits per heavy atom. The number of ketones is 1. The Kier molecular flexibility index (Phi) is 3.52. The third-order valence-corrected chi connectivity index (χ3v) is 3.42. The maximum absolute atomic E-state index is 12.4. The first-order chi connectivity index (χ1) is 10.2. The summed E-state index contributed by atoms with van der Waals surface area (Å²) in [6.07, 6.45) is 3.41. The number of anilines is 1. The van der Waals surface area contributed by atoms with Gasteiger partial charge in [-0.05, 0) is 34.5 Å². The number of nitrogens with two attached hydrogens (primary N) is 1. The smallest absolute Gasteiger partial charge is 0.186 e. The van der Waals surface area contributed by atoms with Gasteiger partial charge < -0.3 is 5.73 Å². The van der Waals surface area contributed by atoms with E-state index in [1.54, 1.807) is 6.08 Å². The molecule has 0 spiro atoms. The van der Waals surface area contributed by atoms with Crippen LogP contribution < -0.4 is 5.73 Å². The van der Waals surface area contributed by atoms with Gasteiger partial charge in [0.25, 0.3) is 0 Å². The first-order valence-electron chi connectivity index (χ1n) is 6.80. The summed E-state index contributed by atoms with van der Waals surface area (Å²) in [6, 6.07) is 21.1. The van der Waals surface area contributed by atoms with Gasteiger partial charge in [-0.1, -0.05) is 60.7 Å². The number of hydrogen-bond donors (Lipinski definition) is 1. The Hall–Kier alpha value is -2.87. The van der Waals surface area contributed by atoms with E-state index in [0.29, 0.717) is 5.69 Å². The summed E-state index contributed by atoms with van der Waals surface area (Å²) in [5.74, 6) is 0.00336. The Morgan fingerprint density at radius 1 is 0.857 bits per heavy atom. The van der Waals surface area contributed by atoms with Crippen molar-refractivity contribution < 1.29 is 4.79 Å². The molecule has 2 heteroatoms. The summed E-state index contributed by atoms with van der Waals surface area (Å²) >= 11 is 0. The Morgan fingerprint density at radius 3 is 2.38 bits per heavy atom. The van der Waals surface area contributed by atoms with Crippen LogP contribution in [-0.2, 0) is 0 Å². The highest BCUT2D eigenvalue weighted by molar-refractivity contribution is 6.14. The molecule has 2 nitrogen and oxygen atoms in total. The summed E-state index contributed by atoms with van der Waals surface area (Å²) in [5.41, 5.74) is 8.04. The molecular formula is C19H15NO. The minimum Gasteiger partial charge on any atom is -0.399 e. The number of rotatable bonds is 3. The molecule has 0 atom stereocenters. The van der Waals surface area contributed by atoms with E-state index in [1.807, 2.05) is 72.8 Å². The molecule has 3 aromatic rings. The van der Waals surface area contributed by atoms with Crippen molar-refractivity contribution in [2.75, 3.05) is 5.73 Å². The minimum absolute atomic E-state index is 0.00336. The van der Waals surface area contributed by atoms with E-state index in [9.17, 15) is 4.79 Å². The molecule has 2 N–H and O–H groups in total. The van der Waals surface area contributed by atoms with Crippen LogP contribution in [-0.4, -0.2) is 5.78 Å². The highest BCUT2D eigenvalue weighted by atomic mass is 16.1. The molecule has 3 rings (SSSR count). The van der Waals surface area contributed by atoms with E-state index in [0.717, 1.165) is 21.9 Å². The van der Waals surface area contributed by atoms with Crippen molar-refractivity contribution >= 4 is 28.3 Å². The second-order valence-electron chi connectivity index (χ2n) is 4.89. The molecule has 0 fully saturated rings. The summed E-state index contributed by atoms with van der Waals surface area (Å²) in [4.78, 5) is 12.4. The molecule has 21 heavy (non-hydrogen) atoms. The van der Waals surface area contributed by atoms with Crippen LogP contribution in [0.25, 0.3) is 16.8 Å². The van der Waals surface area contributed by atoms with Crippen molar-refractivity contribution in [1.29, 1.82) is 0 Å². The van der Waals surface area contributed by atoms with Crippen LogP contribution in [0.3, 0.4) is 0 Å². The van der Waals surface area contributed by atoms with Gasteiger partial charge in [0.15, 0.2) is 5.78 Å². The zero-order chi connectivity index (χ0) is 14.7. The zero-order valence-corrected chi connectivity index (χ0v) is 11.5. The maximum atomic E-state index is 12.4. The molecule has 0 aliphatic heterocycles. The zero-order valence-electron chi connectivity index (χ0n) is 11.5. The number of nitrogen functional groups attached to an aromatic ring is 1. The lowest BCUT2D eigenvalue weighted by Gasteiger charge is -2.02. The Balaban J connectivity index is 1.92. The van der Waals surface area contributed by atoms with Crippen molar-refractivity contribution in [2.24, 2.45) is 0 Å². The highest BCUT2D eigenvalue weighted by Crippen LogP contribution is 2.19. The average Bonchev–Trinajstić information content (AvgIpc) is 2.53. The van der Waals surface area contributed by atoms with Crippen molar-refractivity contribution in [3.05, 3.63) is 83.9 Å². The molecule has 0 unspecified atom stereocenters. The molecule has 0 radical (unpaired) electrons. The predicted octanol–water partition coefficient (Wildman–Crippen LogP) is 4.32. The van der Waals surface area contributed by atoms with Gasteiger partial charge in [-0.3, -0.25) is 4.79 Å². The van der Waals surface area contributed by atoms with Gasteiger partial charge in [-0.25, -0.2) is 0 Å². The van der Waals surface area contributed by atoms with E-state index < -0.39 is 0 Å². The predicted molar refractivity (Wildman–Crippen MR) is 88.2 cm³/mol. The number of carbonyl (C=O) groups is 1. The van der Waals surface area contributed by atoms with Gasteiger partial charge >= 0.3 is 0 Å². The second-order valence-corrected chi connectivity index (χ2v) is 4.89. The molecule has 102 valence electrons. The summed E-state index contributed by atoms with van der Waals surface area (Å²) in [7, 11) is 0. The minimum atomic E-state index is 0.00336. The third-order valence-electron chi connectivity index (χ3n) is 3.42. The van der Waals surface area contributed by atoms with Gasteiger partial charge in [0.1, 0.15) is 0 Å². The van der Waals surface area contributed by atoms with Crippen LogP contribution in [0.1, 0.15) is 15.9 Å². The molecule has 0 aliphatic carbocycles. The fourth-order valence-electron chi connectivity index (χ4n) is 2.31. The lowest BCUT2D eigenvalue weighted by atomic mass is 10.0.